The van der Waals surface area contributed by atoms with Gasteiger partial charge in [0.05, 0.1) is 25.7 Å². The molecule has 0 heterocycles. The van der Waals surface area contributed by atoms with Crippen molar-refractivity contribution >= 4 is 72.4 Å². The molecule has 5 nitrogen and oxygen atoms in total. The number of hydrogen-bond acceptors (Lipinski definition) is 3. The van der Waals surface area contributed by atoms with Gasteiger partial charge >= 0.3 is 0 Å². The van der Waals surface area contributed by atoms with Crippen molar-refractivity contribution in [3.63, 3.8) is 0 Å². The van der Waals surface area contributed by atoms with Crippen LogP contribution in [0.1, 0.15) is 6.42 Å². The van der Waals surface area contributed by atoms with Crippen molar-refractivity contribution in [1.29, 1.82) is 0 Å². The molecule has 0 unspecified atom stereocenters. The van der Waals surface area contributed by atoms with Crippen molar-refractivity contribution in [1.82, 2.24) is 4.72 Å². The summed E-state index contributed by atoms with van der Waals surface area (Å²) in [6, 6.07) is 9.00. The number of nitrogens with one attached hydrogen (secondary N) is 2. The fourth-order valence-electron chi connectivity index (χ4n) is 1.83. The average molecular weight is 487 g/mol. The monoisotopic (exact) mass is 484 g/mol. The Morgan fingerprint density at radius 1 is 1.00 bits per heavy atom. The molecule has 0 aliphatic carbocycles. The molecule has 2 N–H and O–H groups in total. The van der Waals surface area contributed by atoms with Gasteiger partial charge in [-0.15, -0.1) is 0 Å². The van der Waals surface area contributed by atoms with Gasteiger partial charge in [-0.2, -0.15) is 0 Å². The number of anilines is 1. The topological polar surface area (TPSA) is 75.3 Å². The van der Waals surface area contributed by atoms with E-state index in [1.807, 2.05) is 0 Å². The van der Waals surface area contributed by atoms with Crippen molar-refractivity contribution in [2.45, 2.75) is 11.3 Å². The molecule has 1 amide bonds. The number of benzene rings is 2. The molecule has 0 aliphatic heterocycles. The van der Waals surface area contributed by atoms with E-state index in [1.165, 1.54) is 24.3 Å². The minimum Gasteiger partial charge on any atom is -0.325 e. The Bertz CT molecular complexity index is 890. The lowest BCUT2D eigenvalue weighted by Crippen LogP contribution is -2.27. The van der Waals surface area contributed by atoms with Crippen LogP contribution < -0.4 is 10.0 Å². The molecule has 0 fully saturated rings. The molecule has 0 saturated carbocycles. The highest BCUT2D eigenvalue weighted by Gasteiger charge is 2.15. The second-order valence-corrected chi connectivity index (χ2v) is 8.80. The Kier molecular flexibility index (Phi) is 7.13. The largest absolute Gasteiger partial charge is 0.325 e. The van der Waals surface area contributed by atoms with E-state index >= 15 is 0 Å². The van der Waals surface area contributed by atoms with Gasteiger partial charge in [-0.05, 0) is 36.4 Å². The lowest BCUT2D eigenvalue weighted by molar-refractivity contribution is -0.116. The number of sulfonamides is 1. The summed E-state index contributed by atoms with van der Waals surface area (Å²) < 4.78 is 27.3. The van der Waals surface area contributed by atoms with Crippen molar-refractivity contribution < 1.29 is 13.2 Å². The summed E-state index contributed by atoms with van der Waals surface area (Å²) >= 11 is 20.9. The Balaban J connectivity index is 1.92. The molecular weight excluding hydrogens is 475 g/mol. The normalized spacial score (nSPS) is 11.4. The third-order valence-electron chi connectivity index (χ3n) is 3.05. The lowest BCUT2D eigenvalue weighted by atomic mass is 10.3. The molecule has 0 aromatic heterocycles. The van der Waals surface area contributed by atoms with Gasteiger partial charge in [0.2, 0.25) is 15.9 Å². The van der Waals surface area contributed by atoms with Crippen LogP contribution >= 0.6 is 50.7 Å². The second-order valence-electron chi connectivity index (χ2n) is 4.90. The minimum atomic E-state index is -3.68. The molecule has 134 valence electrons. The van der Waals surface area contributed by atoms with Crippen LogP contribution in [-0.2, 0) is 14.8 Å². The molecular formula is C15H12BrCl3N2O3S. The van der Waals surface area contributed by atoms with Crippen LogP contribution in [0.25, 0.3) is 0 Å². The number of carbonyl (C=O) groups is 1. The standard InChI is InChI=1S/C15H12BrCl3N2O3S/c16-9-1-3-10(4-2-9)25(23,24)20-6-5-15(22)21-14-8-12(18)11(17)7-13(14)19/h1-4,7-8,20H,5-6H2,(H,21,22). The van der Waals surface area contributed by atoms with Gasteiger partial charge in [0.25, 0.3) is 0 Å². The van der Waals surface area contributed by atoms with E-state index in [0.717, 1.165) is 4.47 Å². The van der Waals surface area contributed by atoms with Crippen LogP contribution in [-0.4, -0.2) is 20.9 Å². The summed E-state index contributed by atoms with van der Waals surface area (Å²) in [5.41, 5.74) is 0.303. The maximum Gasteiger partial charge on any atom is 0.240 e. The summed E-state index contributed by atoms with van der Waals surface area (Å²) in [7, 11) is -3.68. The zero-order valence-corrected chi connectivity index (χ0v) is 17.2. The number of carbonyl (C=O) groups excluding carboxylic acids is 1. The van der Waals surface area contributed by atoms with Crippen LogP contribution in [0.2, 0.25) is 15.1 Å². The van der Waals surface area contributed by atoms with Crippen LogP contribution in [0, 0.1) is 0 Å². The van der Waals surface area contributed by atoms with Crippen molar-refractivity contribution in [3.8, 4) is 0 Å². The predicted molar refractivity (Wildman–Crippen MR) is 104 cm³/mol. The molecule has 2 aromatic rings. The van der Waals surface area contributed by atoms with E-state index < -0.39 is 15.9 Å². The van der Waals surface area contributed by atoms with Gasteiger partial charge in [0.15, 0.2) is 0 Å². The van der Waals surface area contributed by atoms with Gasteiger partial charge in [0, 0.05) is 17.4 Å². The highest BCUT2D eigenvalue weighted by Crippen LogP contribution is 2.32. The molecule has 0 radical (unpaired) electrons. The summed E-state index contributed by atoms with van der Waals surface area (Å²) in [5.74, 6) is -0.418. The smallest absolute Gasteiger partial charge is 0.240 e. The number of halogens is 4. The molecule has 0 bridgehead atoms. The Morgan fingerprint density at radius 2 is 1.60 bits per heavy atom. The zero-order chi connectivity index (χ0) is 18.6. The van der Waals surface area contributed by atoms with Gasteiger partial charge in [-0.3, -0.25) is 4.79 Å². The molecule has 2 aromatic carbocycles. The van der Waals surface area contributed by atoms with E-state index in [2.05, 4.69) is 26.0 Å². The molecule has 25 heavy (non-hydrogen) atoms. The Labute approximate surface area is 168 Å². The maximum atomic E-state index is 12.1. The van der Waals surface area contributed by atoms with Crippen LogP contribution in [0.5, 0.6) is 0 Å². The molecule has 2 rings (SSSR count). The van der Waals surface area contributed by atoms with E-state index in [1.54, 1.807) is 12.1 Å². The predicted octanol–water partition coefficient (Wildman–Crippen LogP) is 4.72. The Morgan fingerprint density at radius 3 is 2.24 bits per heavy atom. The van der Waals surface area contributed by atoms with Crippen LogP contribution in [0.15, 0.2) is 45.8 Å². The summed E-state index contributed by atoms with van der Waals surface area (Å²) in [6.07, 6.45) is -0.0771. The Hall–Kier alpha value is -0.830. The third-order valence-corrected chi connectivity index (χ3v) is 6.09. The number of hydrogen-bond donors (Lipinski definition) is 2. The van der Waals surface area contributed by atoms with E-state index in [4.69, 9.17) is 34.8 Å². The first-order valence-electron chi connectivity index (χ1n) is 6.88. The lowest BCUT2D eigenvalue weighted by Gasteiger charge is -2.10. The van der Waals surface area contributed by atoms with Crippen molar-refractivity contribution in [2.75, 3.05) is 11.9 Å². The first-order chi connectivity index (χ1) is 11.7. The quantitative estimate of drug-likeness (QED) is 0.581. The van der Waals surface area contributed by atoms with Crippen molar-refractivity contribution in [2.24, 2.45) is 0 Å². The van der Waals surface area contributed by atoms with Crippen LogP contribution in [0.3, 0.4) is 0 Å². The zero-order valence-electron chi connectivity index (χ0n) is 12.5. The molecule has 0 aliphatic rings. The first-order valence-corrected chi connectivity index (χ1v) is 10.3. The highest BCUT2D eigenvalue weighted by atomic mass is 79.9. The van der Waals surface area contributed by atoms with E-state index in [0.29, 0.717) is 5.69 Å². The SMILES string of the molecule is O=C(CCNS(=O)(=O)c1ccc(Br)cc1)Nc1cc(Cl)c(Cl)cc1Cl. The third kappa shape index (κ3) is 5.84. The fraction of sp³-hybridized carbons (Fsp3) is 0.133. The van der Waals surface area contributed by atoms with Crippen molar-refractivity contribution in [3.05, 3.63) is 55.9 Å². The highest BCUT2D eigenvalue weighted by molar-refractivity contribution is 9.10. The van der Waals surface area contributed by atoms with Gasteiger partial charge in [0.1, 0.15) is 0 Å². The summed E-state index contributed by atoms with van der Waals surface area (Å²) in [5, 5.41) is 3.31. The van der Waals surface area contributed by atoms with Crippen LogP contribution in [0.4, 0.5) is 5.69 Å². The van der Waals surface area contributed by atoms with E-state index in [-0.39, 0.29) is 32.9 Å². The molecule has 0 saturated heterocycles. The first kappa shape index (κ1) is 20.5. The van der Waals surface area contributed by atoms with Gasteiger partial charge < -0.3 is 5.32 Å². The number of rotatable bonds is 6. The summed E-state index contributed by atoms with van der Waals surface area (Å²) in [4.78, 5) is 12.1. The van der Waals surface area contributed by atoms with Gasteiger partial charge in [-0.25, -0.2) is 13.1 Å². The second kappa shape index (κ2) is 8.70. The fourth-order valence-corrected chi connectivity index (χ4v) is 3.72. The van der Waals surface area contributed by atoms with E-state index in [9.17, 15) is 13.2 Å². The molecule has 10 heteroatoms. The number of amides is 1. The average Bonchev–Trinajstić information content (AvgIpc) is 2.53. The minimum absolute atomic E-state index is 0.0663. The molecule has 0 atom stereocenters. The molecule has 0 spiro atoms. The summed E-state index contributed by atoms with van der Waals surface area (Å²) in [6.45, 7) is -0.0663. The maximum absolute atomic E-state index is 12.1. The van der Waals surface area contributed by atoms with Gasteiger partial charge in [-0.1, -0.05) is 50.7 Å².